The number of aliphatic hydroxyl groups is 1. The first-order valence-electron chi connectivity index (χ1n) is 13.6. The van der Waals surface area contributed by atoms with Crippen LogP contribution in [0.25, 0.3) is 0 Å². The van der Waals surface area contributed by atoms with Crippen LogP contribution in [0.5, 0.6) is 0 Å². The van der Waals surface area contributed by atoms with Gasteiger partial charge in [0.2, 0.25) is 0 Å². The van der Waals surface area contributed by atoms with E-state index in [0.29, 0.717) is 37.1 Å². The molecular weight excluding hydrogens is 462 g/mol. The Labute approximate surface area is 216 Å². The monoisotopic (exact) mass is 507 g/mol. The molecule has 1 saturated heterocycles. The molecule has 2 aliphatic rings. The first-order chi connectivity index (χ1) is 16.8. The molecule has 0 aromatic heterocycles. The van der Waals surface area contributed by atoms with Gasteiger partial charge in [-0.25, -0.2) is 4.79 Å². The Balaban J connectivity index is 1.69. The number of unbranched alkanes of at least 4 members (excludes halogenated alkanes) is 1. The minimum absolute atomic E-state index is 0.0214. The van der Waals surface area contributed by atoms with Gasteiger partial charge in [0, 0.05) is 49.8 Å². The van der Waals surface area contributed by atoms with E-state index in [4.69, 9.17) is 22.1 Å². The lowest BCUT2D eigenvalue weighted by Crippen LogP contribution is -2.55. The molecule has 1 aliphatic heterocycles. The number of carbonyl (C=O) groups excluding carboxylic acids is 1. The van der Waals surface area contributed by atoms with E-state index in [1.54, 1.807) is 7.11 Å². The summed E-state index contributed by atoms with van der Waals surface area (Å²) in [6.45, 7) is 3.89. The summed E-state index contributed by atoms with van der Waals surface area (Å²) in [5.74, 6) is 0.587. The molecule has 7 heteroatoms. The maximum atomic E-state index is 13.4. The van der Waals surface area contributed by atoms with E-state index in [9.17, 15) is 9.90 Å². The summed E-state index contributed by atoms with van der Waals surface area (Å²) in [5.41, 5.74) is 6.09. The van der Waals surface area contributed by atoms with Gasteiger partial charge in [-0.05, 0) is 69.1 Å². The van der Waals surface area contributed by atoms with Gasteiger partial charge in [-0.3, -0.25) is 0 Å². The minimum Gasteiger partial charge on any atom is -0.385 e. The van der Waals surface area contributed by atoms with Gasteiger partial charge in [0.15, 0.2) is 0 Å². The standard InChI is InChI=1S/C28H46ClN3O3/c1-21(30)26(18-22-10-4-3-5-11-22)31-27(33)32-16-9-13-24(20-32)28(34,15-6-7-17-35-2)23-12-8-14-25(29)19-23/h8,12,14,19,21-22,24,26,34H,3-7,9-11,13,15-18,20,30H2,1-2H3,(H,31,33)/t21-,24?,26+,28-/m1/s1. The molecule has 1 saturated carbocycles. The number of rotatable bonds is 11. The van der Waals surface area contributed by atoms with Crippen molar-refractivity contribution < 1.29 is 14.6 Å². The van der Waals surface area contributed by atoms with Crippen LogP contribution in [0.1, 0.15) is 83.1 Å². The summed E-state index contributed by atoms with van der Waals surface area (Å²) in [7, 11) is 1.70. The molecule has 2 fully saturated rings. The van der Waals surface area contributed by atoms with E-state index in [1.807, 2.05) is 36.1 Å². The topological polar surface area (TPSA) is 87.8 Å². The van der Waals surface area contributed by atoms with Crippen molar-refractivity contribution in [1.29, 1.82) is 0 Å². The Morgan fingerprint density at radius 2 is 2.03 bits per heavy atom. The molecule has 3 rings (SSSR count). The molecule has 1 aromatic rings. The van der Waals surface area contributed by atoms with Gasteiger partial charge in [-0.15, -0.1) is 0 Å². The van der Waals surface area contributed by atoms with Crippen LogP contribution in [0.2, 0.25) is 5.02 Å². The fourth-order valence-corrected chi connectivity index (χ4v) is 6.16. The molecule has 4 N–H and O–H groups in total. The first kappa shape index (κ1) is 28.2. The molecule has 198 valence electrons. The molecule has 4 atom stereocenters. The van der Waals surface area contributed by atoms with Crippen molar-refractivity contribution in [3.8, 4) is 0 Å². The van der Waals surface area contributed by atoms with Crippen molar-refractivity contribution in [3.63, 3.8) is 0 Å². The highest BCUT2D eigenvalue weighted by atomic mass is 35.5. The van der Waals surface area contributed by atoms with Crippen LogP contribution in [-0.4, -0.2) is 54.9 Å². The summed E-state index contributed by atoms with van der Waals surface area (Å²) < 4.78 is 5.21. The largest absolute Gasteiger partial charge is 0.385 e. The molecule has 35 heavy (non-hydrogen) atoms. The van der Waals surface area contributed by atoms with E-state index in [2.05, 4.69) is 5.32 Å². The minimum atomic E-state index is -1.04. The number of methoxy groups -OCH3 is 1. The van der Waals surface area contributed by atoms with Crippen LogP contribution >= 0.6 is 11.6 Å². The van der Waals surface area contributed by atoms with Gasteiger partial charge < -0.3 is 25.8 Å². The van der Waals surface area contributed by atoms with Crippen LogP contribution in [0.15, 0.2) is 24.3 Å². The average molecular weight is 508 g/mol. The van der Waals surface area contributed by atoms with Gasteiger partial charge in [0.1, 0.15) is 0 Å². The van der Waals surface area contributed by atoms with Gasteiger partial charge in [-0.2, -0.15) is 0 Å². The van der Waals surface area contributed by atoms with E-state index in [0.717, 1.165) is 37.7 Å². The maximum Gasteiger partial charge on any atom is 0.317 e. The maximum absolute atomic E-state index is 13.4. The van der Waals surface area contributed by atoms with Crippen LogP contribution in [0.4, 0.5) is 4.79 Å². The number of ether oxygens (including phenoxy) is 1. The lowest BCUT2D eigenvalue weighted by atomic mass is 9.74. The zero-order chi connectivity index (χ0) is 25.3. The average Bonchev–Trinajstić information content (AvgIpc) is 2.86. The molecular formula is C28H46ClN3O3. The number of piperidine rings is 1. The fourth-order valence-electron chi connectivity index (χ4n) is 5.97. The number of carbonyl (C=O) groups is 1. The number of nitrogens with zero attached hydrogens (tertiary/aromatic N) is 1. The molecule has 0 radical (unpaired) electrons. The molecule has 0 spiro atoms. The third-order valence-corrected chi connectivity index (χ3v) is 8.36. The summed E-state index contributed by atoms with van der Waals surface area (Å²) in [4.78, 5) is 15.2. The van der Waals surface area contributed by atoms with E-state index in [-0.39, 0.29) is 24.0 Å². The smallest absolute Gasteiger partial charge is 0.317 e. The lowest BCUT2D eigenvalue weighted by Gasteiger charge is -2.43. The molecule has 1 heterocycles. The number of benzene rings is 1. The third-order valence-electron chi connectivity index (χ3n) is 8.12. The normalized spacial score (nSPS) is 22.9. The predicted molar refractivity (Wildman–Crippen MR) is 143 cm³/mol. The van der Waals surface area contributed by atoms with Crippen LogP contribution < -0.4 is 11.1 Å². The summed E-state index contributed by atoms with van der Waals surface area (Å²) in [6.07, 6.45) is 11.4. The van der Waals surface area contributed by atoms with Crippen molar-refractivity contribution >= 4 is 17.6 Å². The van der Waals surface area contributed by atoms with Gasteiger partial charge in [-0.1, -0.05) is 55.8 Å². The SMILES string of the molecule is COCCCC[C@@](O)(c1cccc(Cl)c1)C1CCCN(C(=O)N[C@@H](CC2CCCCC2)[C@@H](C)N)C1. The highest BCUT2D eigenvalue weighted by Gasteiger charge is 2.41. The van der Waals surface area contributed by atoms with E-state index >= 15 is 0 Å². The Hall–Kier alpha value is -1.34. The number of nitrogens with one attached hydrogen (secondary N) is 1. The van der Waals surface area contributed by atoms with Crippen LogP contribution in [0, 0.1) is 11.8 Å². The van der Waals surface area contributed by atoms with Gasteiger partial charge in [0.05, 0.1) is 5.60 Å². The third kappa shape index (κ3) is 8.08. The molecule has 1 aliphatic carbocycles. The first-order valence-corrected chi connectivity index (χ1v) is 14.0. The highest BCUT2D eigenvalue weighted by Crippen LogP contribution is 2.40. The summed E-state index contributed by atoms with van der Waals surface area (Å²) >= 11 is 6.30. The second kappa shape index (κ2) is 13.8. The fraction of sp³-hybridized carbons (Fsp3) is 0.750. The molecule has 6 nitrogen and oxygen atoms in total. The predicted octanol–water partition coefficient (Wildman–Crippen LogP) is 5.45. The van der Waals surface area contributed by atoms with Crippen LogP contribution in [-0.2, 0) is 10.3 Å². The quantitative estimate of drug-likeness (QED) is 0.347. The van der Waals surface area contributed by atoms with Crippen molar-refractivity contribution in [2.24, 2.45) is 17.6 Å². The number of nitrogens with two attached hydrogens (primary N) is 1. The van der Waals surface area contributed by atoms with Crippen molar-refractivity contribution in [3.05, 3.63) is 34.9 Å². The number of urea groups is 1. The van der Waals surface area contributed by atoms with E-state index in [1.165, 1.54) is 32.1 Å². The Morgan fingerprint density at radius 3 is 2.71 bits per heavy atom. The van der Waals surface area contributed by atoms with Crippen molar-refractivity contribution in [2.45, 2.75) is 95.2 Å². The second-order valence-electron chi connectivity index (χ2n) is 10.8. The number of hydrogen-bond acceptors (Lipinski definition) is 4. The van der Waals surface area contributed by atoms with Crippen molar-refractivity contribution in [2.75, 3.05) is 26.8 Å². The summed E-state index contributed by atoms with van der Waals surface area (Å²) in [6, 6.07) is 7.38. The van der Waals surface area contributed by atoms with Crippen LogP contribution in [0.3, 0.4) is 0 Å². The molecule has 0 bridgehead atoms. The van der Waals surface area contributed by atoms with Gasteiger partial charge in [0.25, 0.3) is 0 Å². The second-order valence-corrected chi connectivity index (χ2v) is 11.3. The number of hydrogen-bond donors (Lipinski definition) is 3. The molecule has 2 amide bonds. The zero-order valence-electron chi connectivity index (χ0n) is 21.7. The molecule has 1 unspecified atom stereocenters. The molecule has 1 aromatic carbocycles. The number of amides is 2. The lowest BCUT2D eigenvalue weighted by molar-refractivity contribution is -0.0564. The van der Waals surface area contributed by atoms with Crippen molar-refractivity contribution in [1.82, 2.24) is 10.2 Å². The Morgan fingerprint density at radius 1 is 1.26 bits per heavy atom. The number of likely N-dealkylation sites (tertiary alicyclic amines) is 1. The Bertz CT molecular complexity index is 786. The zero-order valence-corrected chi connectivity index (χ0v) is 22.4. The van der Waals surface area contributed by atoms with E-state index < -0.39 is 5.60 Å². The number of halogens is 1. The summed E-state index contributed by atoms with van der Waals surface area (Å²) in [5, 5.41) is 15.9. The van der Waals surface area contributed by atoms with Gasteiger partial charge >= 0.3 is 6.03 Å². The Kier molecular flexibility index (Phi) is 11.2. The highest BCUT2D eigenvalue weighted by molar-refractivity contribution is 6.30.